The fourth-order valence-corrected chi connectivity index (χ4v) is 5.83. The molecular formula is C25H30N4O4S. The minimum absolute atomic E-state index is 0.0229. The second-order valence-electron chi connectivity index (χ2n) is 9.56. The van der Waals surface area contributed by atoms with Crippen LogP contribution in [0.4, 0.5) is 11.5 Å². The Morgan fingerprint density at radius 2 is 1.79 bits per heavy atom. The Bertz CT molecular complexity index is 1250. The van der Waals surface area contributed by atoms with Gasteiger partial charge in [-0.3, -0.25) is 9.59 Å². The molecule has 0 N–H and O–H groups in total. The number of anilines is 2. The minimum atomic E-state index is -3.66. The number of carbonyl (C=O) groups excluding carboxylic acids is 2. The van der Waals surface area contributed by atoms with Gasteiger partial charge in [-0.15, -0.1) is 0 Å². The Kier molecular flexibility index (Phi) is 5.83. The number of amides is 2. The third-order valence-corrected chi connectivity index (χ3v) is 8.10. The molecule has 34 heavy (non-hydrogen) atoms. The van der Waals surface area contributed by atoms with Crippen molar-refractivity contribution in [2.75, 3.05) is 48.8 Å². The zero-order valence-corrected chi connectivity index (χ0v) is 20.5. The molecule has 9 heteroatoms. The lowest BCUT2D eigenvalue weighted by molar-refractivity contribution is -0.117. The highest BCUT2D eigenvalue weighted by molar-refractivity contribution is 7.90. The summed E-state index contributed by atoms with van der Waals surface area (Å²) in [4.78, 5) is 35.6. The topological polar surface area (TPSA) is 90.9 Å². The first kappa shape index (κ1) is 22.8. The van der Waals surface area contributed by atoms with E-state index in [4.69, 9.17) is 4.98 Å². The standard InChI is InChI=1S/C25H30N4O4S/c1-17-14-19(18-5-6-18)16-26-24(17)27-10-12-28(13-11-27)25(31)21-8-7-20(15-22(21)34(2,32)33)29-9-3-4-23(29)30/h7-8,14-16,18H,3-6,9-13H2,1-2H3. The van der Waals surface area contributed by atoms with E-state index in [0.29, 0.717) is 50.7 Å². The minimum Gasteiger partial charge on any atom is -0.353 e. The van der Waals surface area contributed by atoms with E-state index in [1.165, 1.54) is 24.5 Å². The Hall–Kier alpha value is -2.94. The third-order valence-electron chi connectivity index (χ3n) is 6.97. The molecule has 0 atom stereocenters. The van der Waals surface area contributed by atoms with E-state index in [-0.39, 0.29) is 22.3 Å². The van der Waals surface area contributed by atoms with Crippen molar-refractivity contribution in [3.05, 3.63) is 47.2 Å². The average Bonchev–Trinajstić information content (AvgIpc) is 3.58. The van der Waals surface area contributed by atoms with E-state index in [2.05, 4.69) is 17.9 Å². The molecule has 2 aromatic rings. The quantitative estimate of drug-likeness (QED) is 0.651. The highest BCUT2D eigenvalue weighted by atomic mass is 32.2. The van der Waals surface area contributed by atoms with Gasteiger partial charge >= 0.3 is 0 Å². The number of pyridine rings is 1. The molecule has 2 amide bonds. The Labute approximate surface area is 200 Å². The predicted octanol–water partition coefficient (Wildman–Crippen LogP) is 2.76. The zero-order chi connectivity index (χ0) is 24.0. The molecular weight excluding hydrogens is 452 g/mol. The number of sulfone groups is 1. The van der Waals surface area contributed by atoms with Gasteiger partial charge in [0.25, 0.3) is 5.91 Å². The molecule has 3 heterocycles. The van der Waals surface area contributed by atoms with Gasteiger partial charge in [-0.1, -0.05) is 6.07 Å². The second-order valence-corrected chi connectivity index (χ2v) is 11.5. The van der Waals surface area contributed by atoms with Gasteiger partial charge in [0.1, 0.15) is 5.82 Å². The number of carbonyl (C=O) groups is 2. The molecule has 0 radical (unpaired) electrons. The van der Waals surface area contributed by atoms with Crippen molar-refractivity contribution in [2.24, 2.45) is 0 Å². The summed E-state index contributed by atoms with van der Waals surface area (Å²) < 4.78 is 25.1. The van der Waals surface area contributed by atoms with Crippen molar-refractivity contribution in [3.8, 4) is 0 Å². The summed E-state index contributed by atoms with van der Waals surface area (Å²) in [5, 5.41) is 0. The fourth-order valence-electron chi connectivity index (χ4n) is 4.94. The molecule has 1 aromatic carbocycles. The van der Waals surface area contributed by atoms with E-state index in [1.807, 2.05) is 6.20 Å². The molecule has 5 rings (SSSR count). The molecule has 3 aliphatic rings. The molecule has 8 nitrogen and oxygen atoms in total. The van der Waals surface area contributed by atoms with Crippen molar-refractivity contribution in [1.29, 1.82) is 0 Å². The first-order valence-corrected chi connectivity index (χ1v) is 13.8. The first-order chi connectivity index (χ1) is 16.2. The molecule has 0 bridgehead atoms. The van der Waals surface area contributed by atoms with Gasteiger partial charge < -0.3 is 14.7 Å². The number of nitrogens with zero attached hydrogens (tertiary/aromatic N) is 4. The summed E-state index contributed by atoms with van der Waals surface area (Å²) in [6.07, 6.45) is 6.76. The van der Waals surface area contributed by atoms with Crippen LogP contribution in [0.1, 0.15) is 53.1 Å². The zero-order valence-electron chi connectivity index (χ0n) is 19.7. The number of benzene rings is 1. The fraction of sp³-hybridized carbons (Fsp3) is 0.480. The van der Waals surface area contributed by atoms with E-state index in [0.717, 1.165) is 24.1 Å². The lowest BCUT2D eigenvalue weighted by atomic mass is 10.1. The van der Waals surface area contributed by atoms with Crippen LogP contribution in [0.15, 0.2) is 35.4 Å². The molecule has 1 saturated carbocycles. The van der Waals surface area contributed by atoms with Gasteiger partial charge in [0.05, 0.1) is 10.5 Å². The monoisotopic (exact) mass is 482 g/mol. The molecule has 1 aliphatic carbocycles. The SMILES string of the molecule is Cc1cc(C2CC2)cnc1N1CCN(C(=O)c2ccc(N3CCCC3=O)cc2S(C)(=O)=O)CC1. The van der Waals surface area contributed by atoms with Crippen LogP contribution in [0.5, 0.6) is 0 Å². The highest BCUT2D eigenvalue weighted by Crippen LogP contribution is 2.40. The van der Waals surface area contributed by atoms with Gasteiger partial charge in [0, 0.05) is 57.3 Å². The van der Waals surface area contributed by atoms with E-state index in [1.54, 1.807) is 21.9 Å². The smallest absolute Gasteiger partial charge is 0.255 e. The maximum atomic E-state index is 13.3. The lowest BCUT2D eigenvalue weighted by Crippen LogP contribution is -2.49. The summed E-state index contributed by atoms with van der Waals surface area (Å²) in [6, 6.07) is 6.92. The molecule has 180 valence electrons. The Morgan fingerprint density at radius 1 is 1.06 bits per heavy atom. The van der Waals surface area contributed by atoms with E-state index in [9.17, 15) is 18.0 Å². The van der Waals surface area contributed by atoms with E-state index < -0.39 is 9.84 Å². The molecule has 2 saturated heterocycles. The lowest BCUT2D eigenvalue weighted by Gasteiger charge is -2.36. The van der Waals surface area contributed by atoms with Gasteiger partial charge in [-0.25, -0.2) is 13.4 Å². The van der Waals surface area contributed by atoms with Crippen LogP contribution in [-0.2, 0) is 14.6 Å². The van der Waals surface area contributed by atoms with Crippen molar-refractivity contribution in [1.82, 2.24) is 9.88 Å². The second kappa shape index (κ2) is 8.69. The summed E-state index contributed by atoms with van der Waals surface area (Å²) >= 11 is 0. The normalized spacial score (nSPS) is 19.1. The van der Waals surface area contributed by atoms with Gasteiger partial charge in [-0.05, 0) is 61.4 Å². The van der Waals surface area contributed by atoms with Crippen molar-refractivity contribution >= 4 is 33.2 Å². The number of aryl methyl sites for hydroxylation is 1. The van der Waals surface area contributed by atoms with Gasteiger partial charge in [-0.2, -0.15) is 0 Å². The molecule has 0 spiro atoms. The Balaban J connectivity index is 1.32. The predicted molar refractivity (Wildman–Crippen MR) is 130 cm³/mol. The van der Waals surface area contributed by atoms with Crippen LogP contribution in [0, 0.1) is 6.92 Å². The maximum absolute atomic E-state index is 13.3. The number of hydrogen-bond acceptors (Lipinski definition) is 6. The summed E-state index contributed by atoms with van der Waals surface area (Å²) in [6.45, 7) is 4.89. The first-order valence-electron chi connectivity index (χ1n) is 11.9. The van der Waals surface area contributed by atoms with Crippen LogP contribution >= 0.6 is 0 Å². The number of hydrogen-bond donors (Lipinski definition) is 0. The van der Waals surface area contributed by atoms with Gasteiger partial charge in [0.15, 0.2) is 9.84 Å². The van der Waals surface area contributed by atoms with Crippen LogP contribution in [0.25, 0.3) is 0 Å². The maximum Gasteiger partial charge on any atom is 0.255 e. The number of rotatable bonds is 5. The van der Waals surface area contributed by atoms with E-state index >= 15 is 0 Å². The van der Waals surface area contributed by atoms with Crippen LogP contribution in [0.3, 0.4) is 0 Å². The van der Waals surface area contributed by atoms with Gasteiger partial charge in [0.2, 0.25) is 5.91 Å². The molecule has 1 aromatic heterocycles. The third kappa shape index (κ3) is 4.41. The molecule has 0 unspecified atom stereocenters. The molecule has 2 aliphatic heterocycles. The average molecular weight is 483 g/mol. The van der Waals surface area contributed by atoms with Crippen molar-refractivity contribution in [3.63, 3.8) is 0 Å². The molecule has 3 fully saturated rings. The van der Waals surface area contributed by atoms with Crippen LogP contribution in [-0.4, -0.2) is 69.1 Å². The Morgan fingerprint density at radius 3 is 2.38 bits per heavy atom. The summed E-state index contributed by atoms with van der Waals surface area (Å²) in [5.41, 5.74) is 3.15. The number of aromatic nitrogens is 1. The van der Waals surface area contributed by atoms with Crippen molar-refractivity contribution in [2.45, 2.75) is 43.4 Å². The van der Waals surface area contributed by atoms with Crippen LogP contribution in [0.2, 0.25) is 0 Å². The summed E-state index contributed by atoms with van der Waals surface area (Å²) in [5.74, 6) is 1.29. The summed E-state index contributed by atoms with van der Waals surface area (Å²) in [7, 11) is -3.66. The van der Waals surface area contributed by atoms with Crippen LogP contribution < -0.4 is 9.80 Å². The van der Waals surface area contributed by atoms with Crippen molar-refractivity contribution < 1.29 is 18.0 Å². The highest BCUT2D eigenvalue weighted by Gasteiger charge is 2.30. The number of piperazine rings is 1. The largest absolute Gasteiger partial charge is 0.353 e.